The number of anilines is 1. The molecule has 1 aromatic heterocycles. The lowest BCUT2D eigenvalue weighted by Gasteiger charge is -2.18. The van der Waals surface area contributed by atoms with E-state index in [1.54, 1.807) is 6.92 Å². The summed E-state index contributed by atoms with van der Waals surface area (Å²) in [5.41, 5.74) is 3.46. The second-order valence-electron chi connectivity index (χ2n) is 11.0. The summed E-state index contributed by atoms with van der Waals surface area (Å²) in [6, 6.07) is 20.7. The number of carbonyl (C=O) groups excluding carboxylic acids is 3. The molecular formula is C32H32N4O5S. The molecule has 3 aromatic carbocycles. The number of hydrogen-bond acceptors (Lipinski definition) is 7. The van der Waals surface area contributed by atoms with E-state index in [9.17, 15) is 14.4 Å². The molecule has 9 nitrogen and oxygen atoms in total. The molecule has 2 heterocycles. The van der Waals surface area contributed by atoms with Crippen molar-refractivity contribution >= 4 is 45.5 Å². The SMILES string of the molecule is Cn1c(COc2ccc(C[C@@]3(C)SC(=O)NC3=O)cc2)nc2ccc(Oc3ccc(NC(=O)C4CCCC4)cc3)cc21. The highest BCUT2D eigenvalue weighted by atomic mass is 32.2. The largest absolute Gasteiger partial charge is 0.486 e. The fraction of sp³-hybridized carbons (Fsp3) is 0.312. The first kappa shape index (κ1) is 27.8. The van der Waals surface area contributed by atoms with Crippen LogP contribution in [-0.4, -0.2) is 31.4 Å². The van der Waals surface area contributed by atoms with Crippen LogP contribution in [0.3, 0.4) is 0 Å². The number of ether oxygens (including phenoxy) is 2. The predicted octanol–water partition coefficient (Wildman–Crippen LogP) is 6.36. The van der Waals surface area contributed by atoms with Crippen LogP contribution in [0, 0.1) is 5.92 Å². The van der Waals surface area contributed by atoms with Gasteiger partial charge in [-0.2, -0.15) is 0 Å². The Morgan fingerprint density at radius 2 is 1.71 bits per heavy atom. The van der Waals surface area contributed by atoms with Gasteiger partial charge in [-0.1, -0.05) is 25.0 Å². The Bertz CT molecular complexity index is 1640. The number of imidazole rings is 1. The van der Waals surface area contributed by atoms with Gasteiger partial charge in [-0.3, -0.25) is 19.7 Å². The average Bonchev–Trinajstić information content (AvgIpc) is 3.68. The zero-order valence-electron chi connectivity index (χ0n) is 23.5. The lowest BCUT2D eigenvalue weighted by molar-refractivity contribution is -0.121. The average molecular weight is 585 g/mol. The van der Waals surface area contributed by atoms with Crippen LogP contribution in [0.5, 0.6) is 17.2 Å². The van der Waals surface area contributed by atoms with Crippen LogP contribution in [-0.2, 0) is 29.7 Å². The third-order valence-corrected chi connectivity index (χ3v) is 8.94. The first-order valence-corrected chi connectivity index (χ1v) is 14.9. The van der Waals surface area contributed by atoms with Crippen LogP contribution < -0.4 is 20.1 Å². The molecule has 1 saturated carbocycles. The summed E-state index contributed by atoms with van der Waals surface area (Å²) in [6.07, 6.45) is 4.64. The number of imide groups is 1. The Morgan fingerprint density at radius 3 is 2.40 bits per heavy atom. The molecule has 216 valence electrons. The van der Waals surface area contributed by atoms with Crippen molar-refractivity contribution < 1.29 is 23.9 Å². The van der Waals surface area contributed by atoms with E-state index < -0.39 is 4.75 Å². The summed E-state index contributed by atoms with van der Waals surface area (Å²) < 4.78 is 13.3. The summed E-state index contributed by atoms with van der Waals surface area (Å²) in [5, 5.41) is 5.06. The Hall–Kier alpha value is -4.31. The summed E-state index contributed by atoms with van der Waals surface area (Å²) in [5.74, 6) is 2.77. The molecule has 1 atom stereocenters. The quantitative estimate of drug-likeness (QED) is 0.236. The smallest absolute Gasteiger partial charge is 0.286 e. The van der Waals surface area contributed by atoms with E-state index in [-0.39, 0.29) is 29.6 Å². The maximum Gasteiger partial charge on any atom is 0.286 e. The van der Waals surface area contributed by atoms with Crippen LogP contribution in [0.4, 0.5) is 10.5 Å². The van der Waals surface area contributed by atoms with Crippen molar-refractivity contribution in [3.05, 3.63) is 78.1 Å². The van der Waals surface area contributed by atoms with Gasteiger partial charge in [-0.15, -0.1) is 0 Å². The number of rotatable bonds is 9. The maximum absolute atomic E-state index is 12.4. The molecule has 0 spiro atoms. The molecule has 2 aliphatic rings. The highest BCUT2D eigenvalue weighted by Gasteiger charge is 2.43. The fourth-order valence-electron chi connectivity index (χ4n) is 5.45. The van der Waals surface area contributed by atoms with Crippen LogP contribution in [0.1, 0.15) is 44.0 Å². The standard InChI is InChI=1S/C32H32N4O5S/c1-32(30(38)35-31(39)42-32)18-20-7-11-23(12-8-20)40-19-28-34-26-16-15-25(17-27(26)36(28)2)41-24-13-9-22(10-14-24)33-29(37)21-5-3-4-6-21/h7-17,21H,3-6,18-19H2,1-2H3,(H,33,37)(H,35,38,39)/t32-/m1/s1. The monoisotopic (exact) mass is 584 g/mol. The third kappa shape index (κ3) is 5.99. The van der Waals surface area contributed by atoms with Gasteiger partial charge in [-0.05, 0) is 92.0 Å². The van der Waals surface area contributed by atoms with Gasteiger partial charge in [0, 0.05) is 24.7 Å². The number of carbonyl (C=O) groups is 3. The van der Waals surface area contributed by atoms with Crippen LogP contribution in [0.25, 0.3) is 11.0 Å². The van der Waals surface area contributed by atoms with E-state index in [1.807, 2.05) is 78.3 Å². The van der Waals surface area contributed by atoms with Gasteiger partial charge >= 0.3 is 0 Å². The van der Waals surface area contributed by atoms with Gasteiger partial charge in [0.1, 0.15) is 34.4 Å². The molecule has 1 aliphatic heterocycles. The normalized spacial score (nSPS) is 18.8. The number of benzene rings is 3. The minimum atomic E-state index is -0.801. The number of aryl methyl sites for hydroxylation is 1. The molecule has 1 saturated heterocycles. The van der Waals surface area contributed by atoms with E-state index in [0.29, 0.717) is 23.7 Å². The molecule has 0 bridgehead atoms. The van der Waals surface area contributed by atoms with Gasteiger partial charge in [0.25, 0.3) is 5.24 Å². The van der Waals surface area contributed by atoms with Crippen LogP contribution in [0.2, 0.25) is 0 Å². The van der Waals surface area contributed by atoms with Crippen molar-refractivity contribution in [1.82, 2.24) is 14.9 Å². The molecule has 6 rings (SSSR count). The van der Waals surface area contributed by atoms with E-state index >= 15 is 0 Å². The minimum Gasteiger partial charge on any atom is -0.486 e. The van der Waals surface area contributed by atoms with Crippen molar-refractivity contribution in [3.63, 3.8) is 0 Å². The lowest BCUT2D eigenvalue weighted by atomic mass is 9.99. The van der Waals surface area contributed by atoms with E-state index in [1.165, 1.54) is 0 Å². The number of fused-ring (bicyclic) bond motifs is 1. The van der Waals surface area contributed by atoms with E-state index in [0.717, 1.165) is 65.6 Å². The van der Waals surface area contributed by atoms with Gasteiger partial charge in [0.2, 0.25) is 11.8 Å². The molecule has 2 N–H and O–H groups in total. The molecule has 0 radical (unpaired) electrons. The molecule has 3 amide bonds. The Balaban J connectivity index is 1.06. The maximum atomic E-state index is 12.4. The van der Waals surface area contributed by atoms with Gasteiger partial charge in [0.05, 0.1) is 11.0 Å². The molecule has 10 heteroatoms. The molecular weight excluding hydrogens is 552 g/mol. The third-order valence-electron chi connectivity index (χ3n) is 7.88. The van der Waals surface area contributed by atoms with Gasteiger partial charge in [0.15, 0.2) is 0 Å². The number of amides is 3. The van der Waals surface area contributed by atoms with Crippen molar-refractivity contribution in [1.29, 1.82) is 0 Å². The zero-order chi connectivity index (χ0) is 29.3. The highest BCUT2D eigenvalue weighted by molar-refractivity contribution is 8.16. The number of hydrogen-bond donors (Lipinski definition) is 2. The van der Waals surface area contributed by atoms with Crippen LogP contribution >= 0.6 is 11.8 Å². The van der Waals surface area contributed by atoms with E-state index in [2.05, 4.69) is 10.6 Å². The first-order chi connectivity index (χ1) is 20.3. The molecule has 2 fully saturated rings. The summed E-state index contributed by atoms with van der Waals surface area (Å²) in [7, 11) is 1.94. The zero-order valence-corrected chi connectivity index (χ0v) is 24.3. The summed E-state index contributed by atoms with van der Waals surface area (Å²) in [4.78, 5) is 40.8. The lowest BCUT2D eigenvalue weighted by Crippen LogP contribution is -2.35. The molecule has 0 unspecified atom stereocenters. The Labute approximate surface area is 248 Å². The van der Waals surface area contributed by atoms with Gasteiger partial charge < -0.3 is 19.4 Å². The van der Waals surface area contributed by atoms with Crippen molar-refractivity contribution in [2.45, 2.75) is 50.4 Å². The topological polar surface area (TPSA) is 112 Å². The van der Waals surface area contributed by atoms with Crippen molar-refractivity contribution in [2.75, 3.05) is 5.32 Å². The Morgan fingerprint density at radius 1 is 1.02 bits per heavy atom. The number of nitrogens with one attached hydrogen (secondary N) is 2. The number of aromatic nitrogens is 2. The summed E-state index contributed by atoms with van der Waals surface area (Å²) in [6.45, 7) is 2.05. The predicted molar refractivity (Wildman–Crippen MR) is 162 cm³/mol. The molecule has 1 aliphatic carbocycles. The van der Waals surface area contributed by atoms with Gasteiger partial charge in [-0.25, -0.2) is 4.98 Å². The van der Waals surface area contributed by atoms with Crippen LogP contribution in [0.15, 0.2) is 66.7 Å². The molecule has 4 aromatic rings. The number of nitrogens with zero attached hydrogens (tertiary/aromatic N) is 2. The highest BCUT2D eigenvalue weighted by Crippen LogP contribution is 2.35. The van der Waals surface area contributed by atoms with E-state index in [4.69, 9.17) is 14.5 Å². The first-order valence-electron chi connectivity index (χ1n) is 14.1. The molecule has 42 heavy (non-hydrogen) atoms. The van der Waals surface area contributed by atoms with Crippen molar-refractivity contribution in [3.8, 4) is 17.2 Å². The van der Waals surface area contributed by atoms with Crippen molar-refractivity contribution in [2.24, 2.45) is 13.0 Å². The second-order valence-corrected chi connectivity index (χ2v) is 12.5. The number of thioether (sulfide) groups is 1. The Kier molecular flexibility index (Phi) is 7.64. The fourth-order valence-corrected chi connectivity index (χ4v) is 6.38. The minimum absolute atomic E-state index is 0.0988. The second kappa shape index (κ2) is 11.5. The summed E-state index contributed by atoms with van der Waals surface area (Å²) >= 11 is 1.03.